The molecule has 1 unspecified atom stereocenters. The van der Waals surface area contributed by atoms with Crippen molar-refractivity contribution < 1.29 is 9.18 Å². The van der Waals surface area contributed by atoms with Crippen LogP contribution in [0.4, 0.5) is 14.9 Å². The molecule has 0 spiro atoms. The van der Waals surface area contributed by atoms with Crippen molar-refractivity contribution in [2.75, 3.05) is 5.32 Å². The molecule has 0 bridgehead atoms. The van der Waals surface area contributed by atoms with Crippen LogP contribution in [0.1, 0.15) is 23.6 Å². The maximum Gasteiger partial charge on any atom is 0.342 e. The Labute approximate surface area is 167 Å². The molecule has 3 aromatic rings. The van der Waals surface area contributed by atoms with E-state index in [1.54, 1.807) is 36.4 Å². The summed E-state index contributed by atoms with van der Waals surface area (Å²) in [6.45, 7) is 0. The minimum Gasteiger partial charge on any atom is -0.306 e. The van der Waals surface area contributed by atoms with Gasteiger partial charge in [-0.25, -0.2) is 14.2 Å². The molecule has 4 nitrogen and oxygen atoms in total. The van der Waals surface area contributed by atoms with Gasteiger partial charge < -0.3 is 5.32 Å². The first-order chi connectivity index (χ1) is 13.6. The van der Waals surface area contributed by atoms with Crippen molar-refractivity contribution in [2.24, 2.45) is 5.10 Å². The van der Waals surface area contributed by atoms with Gasteiger partial charge in [0.1, 0.15) is 5.82 Å². The van der Waals surface area contributed by atoms with Gasteiger partial charge >= 0.3 is 6.03 Å². The second-order valence-corrected chi connectivity index (χ2v) is 6.90. The Kier molecular flexibility index (Phi) is 5.08. The van der Waals surface area contributed by atoms with E-state index in [1.165, 1.54) is 17.1 Å². The second-order valence-electron chi connectivity index (χ2n) is 6.47. The van der Waals surface area contributed by atoms with Gasteiger partial charge in [-0.1, -0.05) is 54.1 Å². The van der Waals surface area contributed by atoms with Crippen molar-refractivity contribution in [3.63, 3.8) is 0 Å². The molecule has 0 radical (unpaired) electrons. The largest absolute Gasteiger partial charge is 0.342 e. The van der Waals surface area contributed by atoms with Gasteiger partial charge in [-0.3, -0.25) is 0 Å². The zero-order valence-corrected chi connectivity index (χ0v) is 15.6. The van der Waals surface area contributed by atoms with Crippen molar-refractivity contribution in [3.05, 3.63) is 101 Å². The average molecular weight is 394 g/mol. The summed E-state index contributed by atoms with van der Waals surface area (Å²) in [6.07, 6.45) is 0.545. The third-order valence-electron chi connectivity index (χ3n) is 4.58. The Morgan fingerprint density at radius 1 is 1.00 bits per heavy atom. The van der Waals surface area contributed by atoms with E-state index in [4.69, 9.17) is 11.6 Å². The predicted molar refractivity (Wildman–Crippen MR) is 109 cm³/mol. The summed E-state index contributed by atoms with van der Waals surface area (Å²) in [4.78, 5) is 12.9. The highest BCUT2D eigenvalue weighted by molar-refractivity contribution is 6.30. The van der Waals surface area contributed by atoms with Gasteiger partial charge in [0, 0.05) is 17.1 Å². The van der Waals surface area contributed by atoms with Crippen LogP contribution < -0.4 is 5.32 Å². The van der Waals surface area contributed by atoms with Gasteiger partial charge in [0.2, 0.25) is 0 Å². The minimum absolute atomic E-state index is 0.317. The normalized spacial score (nSPS) is 16.0. The van der Waals surface area contributed by atoms with Crippen molar-refractivity contribution in [1.29, 1.82) is 0 Å². The number of carbonyl (C=O) groups is 1. The summed E-state index contributed by atoms with van der Waals surface area (Å²) in [5, 5.41) is 9.42. The van der Waals surface area contributed by atoms with E-state index in [9.17, 15) is 9.18 Å². The summed E-state index contributed by atoms with van der Waals surface area (Å²) in [7, 11) is 0. The molecule has 0 saturated carbocycles. The number of carbonyl (C=O) groups excluding carboxylic acids is 1. The Bertz CT molecular complexity index is 1000. The van der Waals surface area contributed by atoms with Gasteiger partial charge in [-0.15, -0.1) is 0 Å². The number of hydrazone groups is 1. The van der Waals surface area contributed by atoms with Crippen LogP contribution in [0.3, 0.4) is 0 Å². The van der Waals surface area contributed by atoms with Crippen LogP contribution in [-0.4, -0.2) is 16.8 Å². The molecule has 1 N–H and O–H groups in total. The van der Waals surface area contributed by atoms with Crippen LogP contribution in [0.25, 0.3) is 0 Å². The number of rotatable bonds is 3. The Hall–Kier alpha value is -3.18. The highest BCUT2D eigenvalue weighted by atomic mass is 35.5. The van der Waals surface area contributed by atoms with Gasteiger partial charge in [0.15, 0.2) is 0 Å². The van der Waals surface area contributed by atoms with E-state index >= 15 is 0 Å². The highest BCUT2D eigenvalue weighted by Crippen LogP contribution is 2.33. The monoisotopic (exact) mass is 393 g/mol. The molecule has 0 aliphatic carbocycles. The number of hydrogen-bond donors (Lipinski definition) is 1. The molecule has 1 heterocycles. The standard InChI is InChI=1S/C22H17ClFN3O/c23-17-8-12-19(13-9-17)25-22(28)27-21(16-6-10-18(24)11-7-16)14-20(26-27)15-4-2-1-3-5-15/h1-13,21H,14H2,(H,25,28). The third kappa shape index (κ3) is 3.89. The first kappa shape index (κ1) is 18.2. The molecule has 2 amide bonds. The number of hydrogen-bond acceptors (Lipinski definition) is 2. The van der Waals surface area contributed by atoms with E-state index in [0.717, 1.165) is 16.8 Å². The first-order valence-corrected chi connectivity index (χ1v) is 9.22. The number of anilines is 1. The number of urea groups is 1. The smallest absolute Gasteiger partial charge is 0.306 e. The molecule has 0 saturated heterocycles. The lowest BCUT2D eigenvalue weighted by atomic mass is 9.98. The number of amides is 2. The van der Waals surface area contributed by atoms with Crippen LogP contribution in [0.5, 0.6) is 0 Å². The molecule has 0 fully saturated rings. The number of nitrogens with one attached hydrogen (secondary N) is 1. The lowest BCUT2D eigenvalue weighted by molar-refractivity contribution is 0.200. The van der Waals surface area contributed by atoms with Crippen LogP contribution >= 0.6 is 11.6 Å². The van der Waals surface area contributed by atoms with Crippen molar-refractivity contribution in [2.45, 2.75) is 12.5 Å². The number of nitrogens with zero attached hydrogens (tertiary/aromatic N) is 2. The first-order valence-electron chi connectivity index (χ1n) is 8.84. The van der Waals surface area contributed by atoms with E-state index in [-0.39, 0.29) is 17.9 Å². The summed E-state index contributed by atoms with van der Waals surface area (Å²) >= 11 is 5.90. The molecule has 4 rings (SSSR count). The van der Waals surface area contributed by atoms with Crippen LogP contribution in [0, 0.1) is 5.82 Å². The lowest BCUT2D eigenvalue weighted by Crippen LogP contribution is -2.31. The fourth-order valence-electron chi connectivity index (χ4n) is 3.16. The molecular weight excluding hydrogens is 377 g/mol. The summed E-state index contributed by atoms with van der Waals surface area (Å²) in [5.41, 5.74) is 3.20. The lowest BCUT2D eigenvalue weighted by Gasteiger charge is -2.22. The van der Waals surface area contributed by atoms with E-state index < -0.39 is 0 Å². The molecule has 140 valence electrons. The van der Waals surface area contributed by atoms with Crippen molar-refractivity contribution >= 4 is 29.0 Å². The topological polar surface area (TPSA) is 44.7 Å². The van der Waals surface area contributed by atoms with Crippen LogP contribution in [-0.2, 0) is 0 Å². The fourth-order valence-corrected chi connectivity index (χ4v) is 3.29. The van der Waals surface area contributed by atoms with E-state index in [2.05, 4.69) is 10.4 Å². The van der Waals surface area contributed by atoms with Gasteiger partial charge in [0.05, 0.1) is 11.8 Å². The van der Waals surface area contributed by atoms with E-state index in [1.807, 2.05) is 30.3 Å². The molecule has 0 aromatic heterocycles. The Morgan fingerprint density at radius 2 is 1.68 bits per heavy atom. The minimum atomic E-state index is -0.359. The molecule has 3 aromatic carbocycles. The summed E-state index contributed by atoms with van der Waals surface area (Å²) in [6, 6.07) is 22.1. The number of benzene rings is 3. The SMILES string of the molecule is O=C(Nc1ccc(Cl)cc1)N1N=C(c2ccccc2)CC1c1ccc(F)cc1. The fraction of sp³-hybridized carbons (Fsp3) is 0.0909. The average Bonchev–Trinajstić information content (AvgIpc) is 3.17. The molecule has 6 heteroatoms. The maximum atomic E-state index is 13.4. The van der Waals surface area contributed by atoms with Gasteiger partial charge in [0.25, 0.3) is 0 Å². The second kappa shape index (κ2) is 7.82. The Balaban J connectivity index is 1.64. The third-order valence-corrected chi connectivity index (χ3v) is 4.83. The zero-order valence-electron chi connectivity index (χ0n) is 14.8. The molecule has 1 aliphatic rings. The zero-order chi connectivity index (χ0) is 19.5. The molecule has 1 atom stereocenters. The Morgan fingerprint density at radius 3 is 2.36 bits per heavy atom. The van der Waals surface area contributed by atoms with Crippen molar-refractivity contribution in [3.8, 4) is 0 Å². The highest BCUT2D eigenvalue weighted by Gasteiger charge is 2.33. The van der Waals surface area contributed by atoms with Gasteiger partial charge in [-0.05, 0) is 47.5 Å². The van der Waals surface area contributed by atoms with Crippen LogP contribution in [0.15, 0.2) is 84.0 Å². The quantitative estimate of drug-likeness (QED) is 0.594. The molecule has 28 heavy (non-hydrogen) atoms. The summed E-state index contributed by atoms with van der Waals surface area (Å²) in [5.74, 6) is -0.317. The maximum absolute atomic E-state index is 13.4. The van der Waals surface area contributed by atoms with Gasteiger partial charge in [-0.2, -0.15) is 5.10 Å². The molecule has 1 aliphatic heterocycles. The van der Waals surface area contributed by atoms with E-state index in [0.29, 0.717) is 17.1 Å². The predicted octanol–water partition coefficient (Wildman–Crippen LogP) is 5.86. The number of halogens is 2. The molecular formula is C22H17ClFN3O. The summed E-state index contributed by atoms with van der Waals surface area (Å²) < 4.78 is 13.4. The van der Waals surface area contributed by atoms with Crippen LogP contribution in [0.2, 0.25) is 5.02 Å². The van der Waals surface area contributed by atoms with Crippen molar-refractivity contribution in [1.82, 2.24) is 5.01 Å².